The summed E-state index contributed by atoms with van der Waals surface area (Å²) in [5.41, 5.74) is 3.97. The van der Waals surface area contributed by atoms with Gasteiger partial charge in [0.25, 0.3) is 11.8 Å². The van der Waals surface area contributed by atoms with Crippen molar-refractivity contribution in [3.05, 3.63) is 71.4 Å². The molecule has 2 amide bonds. The molecule has 0 saturated carbocycles. The maximum atomic E-state index is 12.8. The third-order valence-corrected chi connectivity index (χ3v) is 4.35. The Labute approximate surface area is 166 Å². The topological polar surface area (TPSA) is 106 Å². The van der Waals surface area contributed by atoms with E-state index < -0.39 is 0 Å². The SMILES string of the molecule is Cc1cc(C)n2ncc(C(=O)Nc3cccc(NC(=O)c4ccn(C)n4)c3)c2n1. The van der Waals surface area contributed by atoms with E-state index in [0.29, 0.717) is 28.3 Å². The zero-order valence-electron chi connectivity index (χ0n) is 16.2. The fourth-order valence-electron chi connectivity index (χ4n) is 3.04. The molecule has 0 spiro atoms. The highest BCUT2D eigenvalue weighted by Crippen LogP contribution is 2.18. The molecular formula is C20H19N7O2. The van der Waals surface area contributed by atoms with E-state index in [2.05, 4.69) is 25.8 Å². The lowest BCUT2D eigenvalue weighted by Crippen LogP contribution is -2.15. The van der Waals surface area contributed by atoms with Crippen LogP contribution in [0, 0.1) is 13.8 Å². The largest absolute Gasteiger partial charge is 0.322 e. The number of aromatic nitrogens is 5. The molecule has 0 radical (unpaired) electrons. The highest BCUT2D eigenvalue weighted by atomic mass is 16.2. The zero-order valence-corrected chi connectivity index (χ0v) is 16.2. The Morgan fingerprint density at radius 1 is 1.00 bits per heavy atom. The molecule has 0 aliphatic rings. The fraction of sp³-hybridized carbons (Fsp3) is 0.150. The van der Waals surface area contributed by atoms with Gasteiger partial charge >= 0.3 is 0 Å². The van der Waals surface area contributed by atoms with Gasteiger partial charge in [-0.3, -0.25) is 14.3 Å². The molecule has 3 heterocycles. The third-order valence-electron chi connectivity index (χ3n) is 4.35. The van der Waals surface area contributed by atoms with Crippen LogP contribution in [-0.4, -0.2) is 36.2 Å². The molecule has 0 aliphatic heterocycles. The van der Waals surface area contributed by atoms with Gasteiger partial charge in [-0.1, -0.05) is 6.07 Å². The summed E-state index contributed by atoms with van der Waals surface area (Å²) in [6.45, 7) is 3.78. The fourth-order valence-corrected chi connectivity index (χ4v) is 3.04. The first kappa shape index (κ1) is 18.4. The van der Waals surface area contributed by atoms with E-state index in [4.69, 9.17) is 0 Å². The van der Waals surface area contributed by atoms with Gasteiger partial charge in [0.15, 0.2) is 11.3 Å². The van der Waals surface area contributed by atoms with Gasteiger partial charge < -0.3 is 10.6 Å². The Hall–Kier alpha value is -4.01. The molecule has 0 fully saturated rings. The standard InChI is InChI=1S/C20H19N7O2/c1-12-9-13(2)27-18(22-12)16(11-21-27)19(28)23-14-5-4-6-15(10-14)24-20(29)17-7-8-26(3)25-17/h4-11H,1-3H3,(H,23,28)(H,24,29). The summed E-state index contributed by atoms with van der Waals surface area (Å²) in [4.78, 5) is 29.5. The van der Waals surface area contributed by atoms with Gasteiger partial charge in [0.1, 0.15) is 5.56 Å². The van der Waals surface area contributed by atoms with Crippen LogP contribution in [0.3, 0.4) is 0 Å². The summed E-state index contributed by atoms with van der Waals surface area (Å²) in [5.74, 6) is -0.655. The summed E-state index contributed by atoms with van der Waals surface area (Å²) in [6, 6.07) is 10.4. The highest BCUT2D eigenvalue weighted by molar-refractivity contribution is 6.08. The quantitative estimate of drug-likeness (QED) is 0.558. The van der Waals surface area contributed by atoms with Crippen molar-refractivity contribution in [2.75, 3.05) is 10.6 Å². The van der Waals surface area contributed by atoms with E-state index in [-0.39, 0.29) is 11.8 Å². The van der Waals surface area contributed by atoms with E-state index in [1.165, 1.54) is 6.20 Å². The van der Waals surface area contributed by atoms with Crippen LogP contribution in [-0.2, 0) is 7.05 Å². The molecule has 1 aromatic carbocycles. The van der Waals surface area contributed by atoms with Crippen molar-refractivity contribution in [1.29, 1.82) is 0 Å². The molecule has 2 N–H and O–H groups in total. The van der Waals surface area contributed by atoms with Gasteiger partial charge in [-0.25, -0.2) is 9.50 Å². The van der Waals surface area contributed by atoms with Crippen molar-refractivity contribution in [2.45, 2.75) is 13.8 Å². The first-order valence-corrected chi connectivity index (χ1v) is 8.95. The minimum atomic E-state index is -0.328. The Morgan fingerprint density at radius 3 is 2.41 bits per heavy atom. The molecule has 0 unspecified atom stereocenters. The minimum Gasteiger partial charge on any atom is -0.322 e. The van der Waals surface area contributed by atoms with Gasteiger partial charge in [-0.15, -0.1) is 0 Å². The van der Waals surface area contributed by atoms with Gasteiger partial charge in [-0.2, -0.15) is 10.2 Å². The van der Waals surface area contributed by atoms with Crippen molar-refractivity contribution in [3.8, 4) is 0 Å². The average Bonchev–Trinajstić information content (AvgIpc) is 3.28. The van der Waals surface area contributed by atoms with Crippen LogP contribution in [0.1, 0.15) is 32.2 Å². The van der Waals surface area contributed by atoms with Crippen LogP contribution in [0.4, 0.5) is 11.4 Å². The third kappa shape index (κ3) is 3.70. The molecule has 146 valence electrons. The van der Waals surface area contributed by atoms with Crippen LogP contribution in [0.25, 0.3) is 5.65 Å². The van der Waals surface area contributed by atoms with E-state index in [1.807, 2.05) is 19.9 Å². The number of amides is 2. The van der Waals surface area contributed by atoms with Crippen LogP contribution < -0.4 is 10.6 Å². The minimum absolute atomic E-state index is 0.310. The lowest BCUT2D eigenvalue weighted by atomic mass is 10.2. The number of rotatable bonds is 4. The Kier molecular flexibility index (Phi) is 4.55. The Balaban J connectivity index is 1.54. The number of hydrogen-bond donors (Lipinski definition) is 2. The summed E-state index contributed by atoms with van der Waals surface area (Å²) in [7, 11) is 1.74. The Bertz CT molecular complexity index is 1240. The maximum absolute atomic E-state index is 12.8. The molecule has 29 heavy (non-hydrogen) atoms. The van der Waals surface area contributed by atoms with Crippen LogP contribution in [0.5, 0.6) is 0 Å². The number of nitrogens with zero attached hydrogens (tertiary/aromatic N) is 5. The molecule has 3 aromatic heterocycles. The summed E-state index contributed by atoms with van der Waals surface area (Å²) >= 11 is 0. The molecule has 9 heteroatoms. The molecule has 9 nitrogen and oxygen atoms in total. The van der Waals surface area contributed by atoms with Crippen molar-refractivity contribution in [3.63, 3.8) is 0 Å². The monoisotopic (exact) mass is 389 g/mol. The van der Waals surface area contributed by atoms with E-state index in [0.717, 1.165) is 11.4 Å². The number of benzene rings is 1. The molecule has 0 saturated heterocycles. The van der Waals surface area contributed by atoms with Crippen molar-refractivity contribution >= 4 is 28.8 Å². The summed E-state index contributed by atoms with van der Waals surface area (Å²) in [6.07, 6.45) is 3.19. The second kappa shape index (κ2) is 7.19. The molecule has 0 bridgehead atoms. The van der Waals surface area contributed by atoms with Crippen molar-refractivity contribution in [2.24, 2.45) is 7.05 Å². The lowest BCUT2D eigenvalue weighted by molar-refractivity contribution is 0.101. The smallest absolute Gasteiger partial charge is 0.276 e. The number of anilines is 2. The number of hydrogen-bond acceptors (Lipinski definition) is 5. The van der Waals surface area contributed by atoms with Crippen molar-refractivity contribution < 1.29 is 9.59 Å². The normalized spacial score (nSPS) is 10.9. The van der Waals surface area contributed by atoms with Crippen molar-refractivity contribution in [1.82, 2.24) is 24.4 Å². The lowest BCUT2D eigenvalue weighted by Gasteiger charge is -2.08. The van der Waals surface area contributed by atoms with E-state index in [1.54, 1.807) is 52.8 Å². The number of aryl methyl sites for hydroxylation is 3. The van der Waals surface area contributed by atoms with Gasteiger partial charge in [-0.05, 0) is 44.2 Å². The highest BCUT2D eigenvalue weighted by Gasteiger charge is 2.16. The number of fused-ring (bicyclic) bond motifs is 1. The average molecular weight is 389 g/mol. The molecular weight excluding hydrogens is 370 g/mol. The van der Waals surface area contributed by atoms with Crippen LogP contribution in [0.15, 0.2) is 48.8 Å². The number of carbonyl (C=O) groups excluding carboxylic acids is 2. The summed E-state index contributed by atoms with van der Waals surface area (Å²) in [5, 5.41) is 13.9. The van der Waals surface area contributed by atoms with E-state index in [9.17, 15) is 9.59 Å². The van der Waals surface area contributed by atoms with Gasteiger partial charge in [0, 0.05) is 36.0 Å². The van der Waals surface area contributed by atoms with Crippen LogP contribution in [0.2, 0.25) is 0 Å². The maximum Gasteiger partial charge on any atom is 0.276 e. The second-order valence-electron chi connectivity index (χ2n) is 6.70. The van der Waals surface area contributed by atoms with Gasteiger partial charge in [0.05, 0.1) is 6.20 Å². The predicted octanol–water partition coefficient (Wildman–Crippen LogP) is 2.58. The first-order valence-electron chi connectivity index (χ1n) is 8.95. The first-order chi connectivity index (χ1) is 13.9. The Morgan fingerprint density at radius 2 is 1.72 bits per heavy atom. The molecule has 0 aliphatic carbocycles. The van der Waals surface area contributed by atoms with E-state index >= 15 is 0 Å². The molecule has 4 aromatic rings. The molecule has 0 atom stereocenters. The zero-order chi connectivity index (χ0) is 20.5. The summed E-state index contributed by atoms with van der Waals surface area (Å²) < 4.78 is 3.19. The molecule has 4 rings (SSSR count). The number of carbonyl (C=O) groups is 2. The second-order valence-corrected chi connectivity index (χ2v) is 6.70. The predicted molar refractivity (Wildman–Crippen MR) is 108 cm³/mol. The van der Waals surface area contributed by atoms with Gasteiger partial charge in [0.2, 0.25) is 0 Å². The number of nitrogens with one attached hydrogen (secondary N) is 2. The van der Waals surface area contributed by atoms with Crippen LogP contribution >= 0.6 is 0 Å².